The van der Waals surface area contributed by atoms with Crippen LogP contribution in [0.1, 0.15) is 70.8 Å². The largest absolute Gasteiger partial charge is 0.493 e. The molecule has 0 aromatic heterocycles. The van der Waals surface area contributed by atoms with Crippen LogP contribution in [0.2, 0.25) is 0 Å². The van der Waals surface area contributed by atoms with Crippen molar-refractivity contribution in [2.45, 2.75) is 71.3 Å². The van der Waals surface area contributed by atoms with Crippen molar-refractivity contribution in [1.82, 2.24) is 4.90 Å². The van der Waals surface area contributed by atoms with Crippen molar-refractivity contribution in [3.63, 3.8) is 0 Å². The molecule has 1 saturated carbocycles. The number of aliphatic carboxylic acids is 1. The molecule has 29 heavy (non-hydrogen) atoms. The van der Waals surface area contributed by atoms with Gasteiger partial charge in [-0.25, -0.2) is 0 Å². The number of hydrogen-bond donors (Lipinski definition) is 1. The molecule has 2 aliphatic rings. The summed E-state index contributed by atoms with van der Waals surface area (Å²) in [5.74, 6) is 1.04. The topological polar surface area (TPSA) is 76.1 Å². The number of benzene rings is 1. The van der Waals surface area contributed by atoms with E-state index in [0.29, 0.717) is 19.0 Å². The predicted octanol–water partition coefficient (Wildman–Crippen LogP) is 4.47. The molecule has 0 bridgehead atoms. The summed E-state index contributed by atoms with van der Waals surface area (Å²) in [7, 11) is 1.65. The number of nitrogens with zero attached hydrogens (tertiary/aromatic N) is 1. The van der Waals surface area contributed by atoms with E-state index in [1.54, 1.807) is 12.0 Å². The fraction of sp³-hybridized carbons (Fsp3) is 0.652. The average Bonchev–Trinajstić information content (AvgIpc) is 3.37. The number of amides is 1. The fourth-order valence-electron chi connectivity index (χ4n) is 4.18. The Hall–Kier alpha value is -2.24. The van der Waals surface area contributed by atoms with Crippen LogP contribution in [0.25, 0.3) is 0 Å². The SMILES string of the molecule is CC.COc1ccc([C@@H]2CN(C(=O)CCC(=O)O)C[C@@H]2C)cc1OC1CCCC1. The second-order valence-corrected chi connectivity index (χ2v) is 7.71. The summed E-state index contributed by atoms with van der Waals surface area (Å²) in [5, 5.41) is 8.79. The van der Waals surface area contributed by atoms with Gasteiger partial charge in [-0.15, -0.1) is 0 Å². The summed E-state index contributed by atoms with van der Waals surface area (Å²) in [6.45, 7) is 7.42. The van der Waals surface area contributed by atoms with Crippen molar-refractivity contribution in [3.8, 4) is 11.5 Å². The fourth-order valence-corrected chi connectivity index (χ4v) is 4.18. The third kappa shape index (κ3) is 6.12. The van der Waals surface area contributed by atoms with Gasteiger partial charge >= 0.3 is 5.97 Å². The Morgan fingerprint density at radius 3 is 2.41 bits per heavy atom. The molecule has 1 saturated heterocycles. The van der Waals surface area contributed by atoms with Crippen LogP contribution in [-0.4, -0.2) is 48.2 Å². The van der Waals surface area contributed by atoms with Crippen molar-refractivity contribution in [2.75, 3.05) is 20.2 Å². The van der Waals surface area contributed by atoms with E-state index in [1.807, 2.05) is 26.0 Å². The van der Waals surface area contributed by atoms with Crippen molar-refractivity contribution in [2.24, 2.45) is 5.92 Å². The highest BCUT2D eigenvalue weighted by Crippen LogP contribution is 2.38. The zero-order valence-corrected chi connectivity index (χ0v) is 18.1. The highest BCUT2D eigenvalue weighted by Gasteiger charge is 2.34. The van der Waals surface area contributed by atoms with Crippen LogP contribution in [0, 0.1) is 5.92 Å². The van der Waals surface area contributed by atoms with E-state index in [-0.39, 0.29) is 30.8 Å². The highest BCUT2D eigenvalue weighted by atomic mass is 16.5. The minimum atomic E-state index is -0.934. The minimum absolute atomic E-state index is 0.0629. The van der Waals surface area contributed by atoms with Gasteiger partial charge in [-0.1, -0.05) is 26.8 Å². The molecule has 162 valence electrons. The van der Waals surface area contributed by atoms with E-state index in [1.165, 1.54) is 12.8 Å². The number of carboxylic acids is 1. The Balaban J connectivity index is 0.00000145. The Labute approximate surface area is 174 Å². The molecule has 0 radical (unpaired) electrons. The Bertz CT molecular complexity index is 684. The van der Waals surface area contributed by atoms with Gasteiger partial charge in [-0.2, -0.15) is 0 Å². The van der Waals surface area contributed by atoms with Gasteiger partial charge in [0, 0.05) is 25.4 Å². The second kappa shape index (κ2) is 11.1. The van der Waals surface area contributed by atoms with Gasteiger partial charge in [0.2, 0.25) is 5.91 Å². The molecule has 0 spiro atoms. The van der Waals surface area contributed by atoms with Crippen LogP contribution in [-0.2, 0) is 9.59 Å². The third-order valence-corrected chi connectivity index (χ3v) is 5.73. The third-order valence-electron chi connectivity index (χ3n) is 5.73. The number of methoxy groups -OCH3 is 1. The first-order valence-electron chi connectivity index (χ1n) is 10.8. The van der Waals surface area contributed by atoms with Crippen molar-refractivity contribution >= 4 is 11.9 Å². The number of carboxylic acid groups (broad SMARTS) is 1. The first kappa shape index (κ1) is 23.0. The first-order chi connectivity index (χ1) is 14.0. The smallest absolute Gasteiger partial charge is 0.303 e. The Morgan fingerprint density at radius 1 is 1.10 bits per heavy atom. The van der Waals surface area contributed by atoms with E-state index in [0.717, 1.165) is 29.9 Å². The standard InChI is InChI=1S/C21H29NO5.C2H6/c1-14-12-22(20(23)9-10-21(24)25)13-17(14)15-7-8-18(26-2)19(11-15)27-16-5-3-4-6-16;1-2/h7-8,11,14,16-17H,3-6,9-10,12-13H2,1-2H3,(H,24,25);1-2H3/t14-,17+;/m0./s1. The van der Waals surface area contributed by atoms with Gasteiger partial charge < -0.3 is 19.5 Å². The Morgan fingerprint density at radius 2 is 1.79 bits per heavy atom. The quantitative estimate of drug-likeness (QED) is 0.724. The average molecular weight is 406 g/mol. The van der Waals surface area contributed by atoms with E-state index < -0.39 is 5.97 Å². The van der Waals surface area contributed by atoms with E-state index >= 15 is 0 Å². The molecule has 1 aromatic carbocycles. The van der Waals surface area contributed by atoms with Gasteiger partial charge in [0.05, 0.1) is 19.6 Å². The van der Waals surface area contributed by atoms with Crippen LogP contribution < -0.4 is 9.47 Å². The maximum absolute atomic E-state index is 12.3. The number of hydrogen-bond acceptors (Lipinski definition) is 4. The van der Waals surface area contributed by atoms with Gasteiger partial charge in [-0.05, 0) is 49.3 Å². The van der Waals surface area contributed by atoms with Crippen molar-refractivity contribution in [3.05, 3.63) is 23.8 Å². The summed E-state index contributed by atoms with van der Waals surface area (Å²) < 4.78 is 11.7. The predicted molar refractivity (Wildman–Crippen MR) is 113 cm³/mol. The van der Waals surface area contributed by atoms with Crippen LogP contribution in [0.3, 0.4) is 0 Å². The van der Waals surface area contributed by atoms with Gasteiger partial charge in [0.15, 0.2) is 11.5 Å². The molecule has 6 nitrogen and oxygen atoms in total. The number of rotatable bonds is 7. The maximum atomic E-state index is 12.3. The molecule has 1 heterocycles. The normalized spacial score (nSPS) is 21.4. The molecule has 2 atom stereocenters. The van der Waals surface area contributed by atoms with Crippen LogP contribution >= 0.6 is 0 Å². The zero-order valence-electron chi connectivity index (χ0n) is 18.1. The van der Waals surface area contributed by atoms with Gasteiger partial charge in [0.25, 0.3) is 0 Å². The molecule has 6 heteroatoms. The highest BCUT2D eigenvalue weighted by molar-refractivity contribution is 5.81. The van der Waals surface area contributed by atoms with Crippen LogP contribution in [0.15, 0.2) is 18.2 Å². The first-order valence-corrected chi connectivity index (χ1v) is 10.8. The van der Waals surface area contributed by atoms with E-state index in [2.05, 4.69) is 13.0 Å². The summed E-state index contributed by atoms with van der Waals surface area (Å²) in [5.41, 5.74) is 1.14. The number of carbonyl (C=O) groups is 2. The lowest BCUT2D eigenvalue weighted by Crippen LogP contribution is -2.29. The maximum Gasteiger partial charge on any atom is 0.303 e. The number of carbonyl (C=O) groups excluding carboxylic acids is 1. The van der Waals surface area contributed by atoms with E-state index in [9.17, 15) is 9.59 Å². The molecule has 1 amide bonds. The van der Waals surface area contributed by atoms with Gasteiger partial charge in [-0.3, -0.25) is 9.59 Å². The summed E-state index contributed by atoms with van der Waals surface area (Å²) in [6.07, 6.45) is 4.78. The lowest BCUT2D eigenvalue weighted by atomic mass is 9.90. The van der Waals surface area contributed by atoms with Crippen molar-refractivity contribution in [1.29, 1.82) is 0 Å². The van der Waals surface area contributed by atoms with Gasteiger partial charge in [0.1, 0.15) is 0 Å². The van der Waals surface area contributed by atoms with Crippen LogP contribution in [0.5, 0.6) is 11.5 Å². The zero-order chi connectivity index (χ0) is 21.4. The molecule has 1 aliphatic heterocycles. The molecule has 1 aliphatic carbocycles. The number of likely N-dealkylation sites (tertiary alicyclic amines) is 1. The minimum Gasteiger partial charge on any atom is -0.493 e. The molecule has 0 unspecified atom stereocenters. The lowest BCUT2D eigenvalue weighted by Gasteiger charge is -2.20. The molecule has 3 rings (SSSR count). The molecule has 1 aromatic rings. The summed E-state index contributed by atoms with van der Waals surface area (Å²) in [4.78, 5) is 24.8. The summed E-state index contributed by atoms with van der Waals surface area (Å²) in [6, 6.07) is 6.05. The Kier molecular flexibility index (Phi) is 8.80. The van der Waals surface area contributed by atoms with Crippen molar-refractivity contribution < 1.29 is 24.2 Å². The monoisotopic (exact) mass is 405 g/mol. The molecule has 2 fully saturated rings. The number of ether oxygens (including phenoxy) is 2. The summed E-state index contributed by atoms with van der Waals surface area (Å²) >= 11 is 0. The molecular weight excluding hydrogens is 370 g/mol. The van der Waals surface area contributed by atoms with E-state index in [4.69, 9.17) is 14.6 Å². The lowest BCUT2D eigenvalue weighted by molar-refractivity contribution is -0.140. The second-order valence-electron chi connectivity index (χ2n) is 7.71. The molecular formula is C23H35NO5. The van der Waals surface area contributed by atoms with Crippen LogP contribution in [0.4, 0.5) is 0 Å². The molecule has 1 N–H and O–H groups in total.